The van der Waals surface area contributed by atoms with Gasteiger partial charge in [-0.1, -0.05) is 52.7 Å². The molecule has 0 fully saturated rings. The molecule has 0 bridgehead atoms. The molecule has 20 heavy (non-hydrogen) atoms. The molecule has 1 aromatic carbocycles. The number of benzene rings is 1. The van der Waals surface area contributed by atoms with Crippen LogP contribution in [0.5, 0.6) is 5.75 Å². The van der Waals surface area contributed by atoms with Crippen LogP contribution >= 0.6 is 0 Å². The molecule has 0 unspecified atom stereocenters. The summed E-state index contributed by atoms with van der Waals surface area (Å²) in [4.78, 5) is 0. The van der Waals surface area contributed by atoms with Crippen LogP contribution in [0.2, 0.25) is 0 Å². The number of hydrogen-bond donors (Lipinski definition) is 1. The quantitative estimate of drug-likeness (QED) is 0.687. The molecule has 2 heteroatoms. The molecular formula is C18H32NO+. The summed E-state index contributed by atoms with van der Waals surface area (Å²) >= 11 is 0. The summed E-state index contributed by atoms with van der Waals surface area (Å²) in [7, 11) is 0. The summed E-state index contributed by atoms with van der Waals surface area (Å²) in [6.45, 7) is 12.0. The summed E-state index contributed by atoms with van der Waals surface area (Å²) in [5, 5.41) is 2.36. The molecule has 0 amide bonds. The topological polar surface area (TPSA) is 25.8 Å². The van der Waals surface area contributed by atoms with Crippen molar-refractivity contribution in [1.82, 2.24) is 0 Å². The first-order valence-corrected chi connectivity index (χ1v) is 8.09. The van der Waals surface area contributed by atoms with E-state index in [-0.39, 0.29) is 5.41 Å². The Labute approximate surface area is 124 Å². The van der Waals surface area contributed by atoms with Crippen molar-refractivity contribution in [2.45, 2.75) is 58.8 Å². The lowest BCUT2D eigenvalue weighted by molar-refractivity contribution is -0.655. The van der Waals surface area contributed by atoms with E-state index in [1.54, 1.807) is 0 Å². The van der Waals surface area contributed by atoms with Gasteiger partial charge in [-0.2, -0.15) is 0 Å². The molecule has 1 rings (SSSR count). The van der Waals surface area contributed by atoms with Crippen molar-refractivity contribution in [3.63, 3.8) is 0 Å². The third kappa shape index (κ3) is 6.95. The monoisotopic (exact) mass is 278 g/mol. The molecule has 0 spiro atoms. The second kappa shape index (κ2) is 9.02. The predicted octanol–water partition coefficient (Wildman–Crippen LogP) is 3.51. The van der Waals surface area contributed by atoms with E-state index in [9.17, 15) is 0 Å². The van der Waals surface area contributed by atoms with Gasteiger partial charge in [-0.15, -0.1) is 0 Å². The van der Waals surface area contributed by atoms with Crippen molar-refractivity contribution in [3.05, 3.63) is 29.8 Å². The highest BCUT2D eigenvalue weighted by atomic mass is 16.5. The molecule has 0 atom stereocenters. The van der Waals surface area contributed by atoms with E-state index in [2.05, 4.69) is 57.3 Å². The molecule has 114 valence electrons. The molecule has 0 aliphatic rings. The Morgan fingerprint density at radius 3 is 2.25 bits per heavy atom. The summed E-state index contributed by atoms with van der Waals surface area (Å²) in [5.41, 5.74) is 1.57. The van der Waals surface area contributed by atoms with Gasteiger partial charge in [-0.25, -0.2) is 0 Å². The minimum Gasteiger partial charge on any atom is -0.488 e. The zero-order valence-corrected chi connectivity index (χ0v) is 13.7. The van der Waals surface area contributed by atoms with E-state index in [4.69, 9.17) is 4.74 Å². The minimum atomic E-state index is 0.213. The van der Waals surface area contributed by atoms with E-state index in [0.717, 1.165) is 18.9 Å². The Morgan fingerprint density at radius 2 is 1.65 bits per heavy atom. The standard InChI is InChI=1S/C18H31NO/c1-5-6-7-8-13-19-14-15-20-17-11-9-16(10-12-17)18(2,3)4/h9-12,19H,5-8,13-15H2,1-4H3/p+1. The van der Waals surface area contributed by atoms with Crippen molar-refractivity contribution in [2.75, 3.05) is 19.7 Å². The highest BCUT2D eigenvalue weighted by molar-refractivity contribution is 5.31. The molecule has 0 aliphatic carbocycles. The van der Waals surface area contributed by atoms with Crippen LogP contribution in [-0.4, -0.2) is 19.7 Å². The zero-order valence-electron chi connectivity index (χ0n) is 13.7. The van der Waals surface area contributed by atoms with E-state index >= 15 is 0 Å². The van der Waals surface area contributed by atoms with Crippen molar-refractivity contribution in [1.29, 1.82) is 0 Å². The van der Waals surface area contributed by atoms with Gasteiger partial charge >= 0.3 is 0 Å². The highest BCUT2D eigenvalue weighted by Crippen LogP contribution is 2.24. The molecule has 2 N–H and O–H groups in total. The molecule has 1 aromatic rings. The van der Waals surface area contributed by atoms with Gasteiger partial charge in [0.05, 0.1) is 6.54 Å². The molecule has 0 aromatic heterocycles. The largest absolute Gasteiger partial charge is 0.488 e. The average molecular weight is 278 g/mol. The summed E-state index contributed by atoms with van der Waals surface area (Å²) in [6, 6.07) is 8.51. The minimum absolute atomic E-state index is 0.213. The third-order valence-electron chi connectivity index (χ3n) is 3.57. The Balaban J connectivity index is 2.13. The van der Waals surface area contributed by atoms with Gasteiger partial charge in [0.2, 0.25) is 0 Å². The highest BCUT2D eigenvalue weighted by Gasteiger charge is 2.12. The van der Waals surface area contributed by atoms with Crippen LogP contribution < -0.4 is 10.1 Å². The number of quaternary nitrogens is 1. The SMILES string of the molecule is CCCCCC[NH2+]CCOc1ccc(C(C)(C)C)cc1. The van der Waals surface area contributed by atoms with E-state index < -0.39 is 0 Å². The first kappa shape index (κ1) is 17.0. The fourth-order valence-electron chi connectivity index (χ4n) is 2.17. The second-order valence-electron chi connectivity index (χ2n) is 6.55. The molecule has 2 nitrogen and oxygen atoms in total. The van der Waals surface area contributed by atoms with Gasteiger partial charge in [0, 0.05) is 0 Å². The maximum atomic E-state index is 5.77. The third-order valence-corrected chi connectivity index (χ3v) is 3.57. The fourth-order valence-corrected chi connectivity index (χ4v) is 2.17. The first-order chi connectivity index (χ1) is 9.54. The van der Waals surface area contributed by atoms with Crippen molar-refractivity contribution < 1.29 is 10.1 Å². The number of hydrogen-bond acceptors (Lipinski definition) is 1. The normalized spacial score (nSPS) is 11.6. The molecule has 0 saturated heterocycles. The predicted molar refractivity (Wildman–Crippen MR) is 86.4 cm³/mol. The second-order valence-corrected chi connectivity index (χ2v) is 6.55. The Bertz CT molecular complexity index is 351. The zero-order chi connectivity index (χ0) is 14.8. The first-order valence-electron chi connectivity index (χ1n) is 8.09. The van der Waals surface area contributed by atoms with Crippen LogP contribution in [0, 0.1) is 0 Å². The van der Waals surface area contributed by atoms with Gasteiger partial charge in [-0.3, -0.25) is 0 Å². The van der Waals surface area contributed by atoms with E-state index in [1.807, 2.05) is 0 Å². The molecule has 0 aliphatic heterocycles. The van der Waals surface area contributed by atoms with Gasteiger partial charge in [-0.05, 0) is 36.0 Å². The van der Waals surface area contributed by atoms with Gasteiger partial charge < -0.3 is 10.1 Å². The van der Waals surface area contributed by atoms with Crippen LogP contribution in [0.3, 0.4) is 0 Å². The van der Waals surface area contributed by atoms with Crippen molar-refractivity contribution in [2.24, 2.45) is 0 Å². The van der Waals surface area contributed by atoms with Crippen LogP contribution in [-0.2, 0) is 5.41 Å². The maximum Gasteiger partial charge on any atom is 0.137 e. The summed E-state index contributed by atoms with van der Waals surface area (Å²) < 4.78 is 5.77. The van der Waals surface area contributed by atoms with Crippen LogP contribution in [0.1, 0.15) is 58.9 Å². The Morgan fingerprint density at radius 1 is 0.950 bits per heavy atom. The lowest BCUT2D eigenvalue weighted by atomic mass is 9.87. The molecular weight excluding hydrogens is 246 g/mol. The number of nitrogens with two attached hydrogens (primary N) is 1. The fraction of sp³-hybridized carbons (Fsp3) is 0.667. The number of unbranched alkanes of at least 4 members (excludes halogenated alkanes) is 3. The lowest BCUT2D eigenvalue weighted by Crippen LogP contribution is -2.85. The number of rotatable bonds is 9. The molecule has 0 saturated carbocycles. The smallest absolute Gasteiger partial charge is 0.137 e. The van der Waals surface area contributed by atoms with Crippen LogP contribution in [0.15, 0.2) is 24.3 Å². The van der Waals surface area contributed by atoms with E-state index in [0.29, 0.717) is 0 Å². The van der Waals surface area contributed by atoms with Gasteiger partial charge in [0.15, 0.2) is 0 Å². The maximum absolute atomic E-state index is 5.77. The van der Waals surface area contributed by atoms with Crippen molar-refractivity contribution in [3.8, 4) is 5.75 Å². The van der Waals surface area contributed by atoms with Gasteiger partial charge in [0.25, 0.3) is 0 Å². The average Bonchev–Trinajstić information content (AvgIpc) is 2.41. The van der Waals surface area contributed by atoms with Crippen LogP contribution in [0.25, 0.3) is 0 Å². The van der Waals surface area contributed by atoms with Gasteiger partial charge in [0.1, 0.15) is 18.9 Å². The summed E-state index contributed by atoms with van der Waals surface area (Å²) in [6.07, 6.45) is 5.37. The van der Waals surface area contributed by atoms with Crippen LogP contribution in [0.4, 0.5) is 0 Å². The molecule has 0 radical (unpaired) electrons. The lowest BCUT2D eigenvalue weighted by Gasteiger charge is -2.19. The van der Waals surface area contributed by atoms with E-state index in [1.165, 1.54) is 37.8 Å². The Kier molecular flexibility index (Phi) is 7.68. The van der Waals surface area contributed by atoms with Crippen molar-refractivity contribution >= 4 is 0 Å². The molecule has 0 heterocycles. The number of ether oxygens (including phenoxy) is 1. The summed E-state index contributed by atoms with van der Waals surface area (Å²) in [5.74, 6) is 0.984. The Hall–Kier alpha value is -1.02.